The van der Waals surface area contributed by atoms with Crippen LogP contribution in [0.2, 0.25) is 0 Å². The molecule has 6 nitrogen and oxygen atoms in total. The van der Waals surface area contributed by atoms with Crippen molar-refractivity contribution >= 4 is 27.5 Å². The minimum Gasteiger partial charge on any atom is -0.486 e. The number of carbonyl (C=O) groups is 1. The molecule has 0 aromatic heterocycles. The molecule has 132 valence electrons. The lowest BCUT2D eigenvalue weighted by Crippen LogP contribution is -2.41. The molecule has 0 unspecified atom stereocenters. The molecule has 8 heteroatoms. The van der Waals surface area contributed by atoms with Crippen LogP contribution in [-0.2, 0) is 14.6 Å². The average Bonchev–Trinajstić information content (AvgIpc) is 2.93. The summed E-state index contributed by atoms with van der Waals surface area (Å²) >= 11 is 1.44. The van der Waals surface area contributed by atoms with E-state index >= 15 is 0 Å². The van der Waals surface area contributed by atoms with Gasteiger partial charge in [-0.3, -0.25) is 4.79 Å². The van der Waals surface area contributed by atoms with E-state index in [4.69, 9.17) is 9.47 Å². The third-order valence-corrected chi connectivity index (χ3v) is 7.11. The number of hydrogen-bond donors (Lipinski definition) is 0. The molecular formula is C16H21NO5S2. The van der Waals surface area contributed by atoms with Gasteiger partial charge >= 0.3 is 0 Å². The summed E-state index contributed by atoms with van der Waals surface area (Å²) in [5, 5.41) is -0.305. The van der Waals surface area contributed by atoms with Gasteiger partial charge in [0.05, 0.1) is 16.8 Å². The first-order chi connectivity index (χ1) is 11.4. The van der Waals surface area contributed by atoms with Crippen molar-refractivity contribution < 1.29 is 22.7 Å². The van der Waals surface area contributed by atoms with Crippen molar-refractivity contribution in [3.05, 3.63) is 18.2 Å². The molecule has 0 bridgehead atoms. The van der Waals surface area contributed by atoms with Gasteiger partial charge in [0.1, 0.15) is 13.2 Å². The zero-order chi connectivity index (χ0) is 17.3. The summed E-state index contributed by atoms with van der Waals surface area (Å²) in [6.07, 6.45) is 0.520. The average molecular weight is 371 g/mol. The van der Waals surface area contributed by atoms with Gasteiger partial charge in [-0.1, -0.05) is 0 Å². The van der Waals surface area contributed by atoms with E-state index in [1.807, 2.05) is 25.1 Å². The van der Waals surface area contributed by atoms with Gasteiger partial charge in [-0.25, -0.2) is 8.42 Å². The second-order valence-corrected chi connectivity index (χ2v) is 9.71. The number of carbonyl (C=O) groups excluding carboxylic acids is 1. The first-order valence-electron chi connectivity index (χ1n) is 7.89. The number of sulfone groups is 1. The Morgan fingerprint density at radius 1 is 1.29 bits per heavy atom. The summed E-state index contributed by atoms with van der Waals surface area (Å²) in [5.74, 6) is 1.59. The number of rotatable bonds is 4. The summed E-state index contributed by atoms with van der Waals surface area (Å²) in [7, 11) is -1.31. The summed E-state index contributed by atoms with van der Waals surface area (Å²) in [4.78, 5) is 15.1. The van der Waals surface area contributed by atoms with Gasteiger partial charge in [0, 0.05) is 18.0 Å². The fourth-order valence-corrected chi connectivity index (χ4v) is 5.67. The smallest absolute Gasteiger partial charge is 0.235 e. The Hall–Kier alpha value is -1.41. The molecule has 2 aliphatic heterocycles. The number of hydrogen-bond acceptors (Lipinski definition) is 6. The summed E-state index contributed by atoms with van der Waals surface area (Å²) in [6, 6.07) is 5.41. The van der Waals surface area contributed by atoms with E-state index in [0.29, 0.717) is 25.4 Å². The van der Waals surface area contributed by atoms with Crippen molar-refractivity contribution in [1.29, 1.82) is 0 Å². The van der Waals surface area contributed by atoms with Crippen molar-refractivity contribution in [2.75, 3.05) is 31.8 Å². The van der Waals surface area contributed by atoms with E-state index in [-0.39, 0.29) is 28.7 Å². The van der Waals surface area contributed by atoms with Crippen molar-refractivity contribution in [2.45, 2.75) is 29.5 Å². The predicted molar refractivity (Wildman–Crippen MR) is 92.6 cm³/mol. The second-order valence-electron chi connectivity index (χ2n) is 6.07. The van der Waals surface area contributed by atoms with E-state index in [1.165, 1.54) is 11.8 Å². The summed E-state index contributed by atoms with van der Waals surface area (Å²) < 4.78 is 34.2. The van der Waals surface area contributed by atoms with Crippen LogP contribution in [0.15, 0.2) is 23.1 Å². The second kappa shape index (κ2) is 6.84. The van der Waals surface area contributed by atoms with Crippen LogP contribution in [0.5, 0.6) is 11.5 Å². The zero-order valence-electron chi connectivity index (χ0n) is 13.7. The molecule has 0 spiro atoms. The lowest BCUT2D eigenvalue weighted by molar-refractivity contribution is -0.130. The molecule has 24 heavy (non-hydrogen) atoms. The molecule has 0 N–H and O–H groups in total. The third kappa shape index (κ3) is 3.80. The molecule has 1 aromatic rings. The lowest BCUT2D eigenvalue weighted by Gasteiger charge is -2.26. The molecule has 2 atom stereocenters. The van der Waals surface area contributed by atoms with Crippen LogP contribution in [0.3, 0.4) is 0 Å². The predicted octanol–water partition coefficient (Wildman–Crippen LogP) is 1.58. The SMILES string of the molecule is C[C@@H](Sc1ccc2c(c1)OCCO2)C(=O)N(C)[C@@H]1CCS(=O)(=O)C1. The normalized spacial score (nSPS) is 22.8. The molecule has 3 rings (SSSR count). The molecule has 1 fully saturated rings. The van der Waals surface area contributed by atoms with Crippen LogP contribution in [-0.4, -0.2) is 62.3 Å². The number of benzene rings is 1. The Morgan fingerprint density at radius 2 is 2.00 bits per heavy atom. The van der Waals surface area contributed by atoms with Crippen LogP contribution in [0.1, 0.15) is 13.3 Å². The summed E-state index contributed by atoms with van der Waals surface area (Å²) in [6.45, 7) is 2.90. The Labute approximate surface area is 146 Å². The quantitative estimate of drug-likeness (QED) is 0.749. The molecule has 1 aromatic carbocycles. The molecule has 1 saturated heterocycles. The largest absolute Gasteiger partial charge is 0.486 e. The summed E-state index contributed by atoms with van der Waals surface area (Å²) in [5.41, 5.74) is 0. The maximum Gasteiger partial charge on any atom is 0.235 e. The highest BCUT2D eigenvalue weighted by Crippen LogP contribution is 2.36. The standard InChI is InChI=1S/C16H21NO5S2/c1-11(16(18)17(2)12-5-8-24(19,20)10-12)23-13-3-4-14-15(9-13)22-7-6-21-14/h3-4,9,11-12H,5-8,10H2,1-2H3/t11-,12-/m1/s1. The van der Waals surface area contributed by atoms with E-state index in [1.54, 1.807) is 11.9 Å². The molecule has 0 radical (unpaired) electrons. The van der Waals surface area contributed by atoms with Crippen molar-refractivity contribution in [3.8, 4) is 11.5 Å². The lowest BCUT2D eigenvalue weighted by atomic mass is 10.2. The van der Waals surface area contributed by atoms with E-state index in [0.717, 1.165) is 10.6 Å². The minimum atomic E-state index is -3.00. The Kier molecular flexibility index (Phi) is 4.96. The van der Waals surface area contributed by atoms with Gasteiger partial charge in [-0.05, 0) is 31.5 Å². The first-order valence-corrected chi connectivity index (χ1v) is 10.6. The minimum absolute atomic E-state index is 0.0583. The van der Waals surface area contributed by atoms with Crippen LogP contribution in [0.4, 0.5) is 0 Å². The van der Waals surface area contributed by atoms with Crippen molar-refractivity contribution in [1.82, 2.24) is 4.90 Å². The maximum absolute atomic E-state index is 12.6. The number of amides is 1. The third-order valence-electron chi connectivity index (χ3n) is 4.28. The number of fused-ring (bicyclic) bond motifs is 1. The first kappa shape index (κ1) is 17.4. The molecular weight excluding hydrogens is 350 g/mol. The highest BCUT2D eigenvalue weighted by molar-refractivity contribution is 8.00. The highest BCUT2D eigenvalue weighted by Gasteiger charge is 2.34. The van der Waals surface area contributed by atoms with Gasteiger partial charge < -0.3 is 14.4 Å². The van der Waals surface area contributed by atoms with Crippen molar-refractivity contribution in [3.63, 3.8) is 0 Å². The number of nitrogens with zero attached hydrogens (tertiary/aromatic N) is 1. The van der Waals surface area contributed by atoms with E-state index in [2.05, 4.69) is 0 Å². The van der Waals surface area contributed by atoms with E-state index < -0.39 is 9.84 Å². The monoisotopic (exact) mass is 371 g/mol. The topological polar surface area (TPSA) is 72.9 Å². The van der Waals surface area contributed by atoms with Gasteiger partial charge in [-0.2, -0.15) is 0 Å². The zero-order valence-corrected chi connectivity index (χ0v) is 15.4. The fraction of sp³-hybridized carbons (Fsp3) is 0.562. The van der Waals surface area contributed by atoms with Gasteiger partial charge in [-0.15, -0.1) is 11.8 Å². The maximum atomic E-state index is 12.6. The van der Waals surface area contributed by atoms with Crippen molar-refractivity contribution in [2.24, 2.45) is 0 Å². The number of ether oxygens (including phenoxy) is 2. The van der Waals surface area contributed by atoms with Crippen LogP contribution >= 0.6 is 11.8 Å². The number of thioether (sulfide) groups is 1. The van der Waals surface area contributed by atoms with Crippen LogP contribution < -0.4 is 9.47 Å². The Bertz CT molecular complexity index is 734. The van der Waals surface area contributed by atoms with Gasteiger partial charge in [0.15, 0.2) is 21.3 Å². The molecule has 1 amide bonds. The highest BCUT2D eigenvalue weighted by atomic mass is 32.2. The molecule has 0 saturated carbocycles. The molecule has 0 aliphatic carbocycles. The van der Waals surface area contributed by atoms with Crippen LogP contribution in [0, 0.1) is 0 Å². The fourth-order valence-electron chi connectivity index (χ4n) is 2.90. The van der Waals surface area contributed by atoms with Crippen LogP contribution in [0.25, 0.3) is 0 Å². The molecule has 2 heterocycles. The Balaban J connectivity index is 1.64. The Morgan fingerprint density at radius 3 is 2.67 bits per heavy atom. The van der Waals surface area contributed by atoms with Gasteiger partial charge in [0.25, 0.3) is 0 Å². The van der Waals surface area contributed by atoms with E-state index in [9.17, 15) is 13.2 Å². The van der Waals surface area contributed by atoms with Gasteiger partial charge in [0.2, 0.25) is 5.91 Å². The molecule has 2 aliphatic rings.